The fraction of sp³-hybridized carbons (Fsp3) is 0.562. The largest absolute Gasteiger partial charge is 0.508 e. The number of amides is 1. The molecule has 11 atom stereocenters. The van der Waals surface area contributed by atoms with E-state index in [4.69, 9.17) is 68.0 Å². The Morgan fingerprint density at radius 3 is 2.10 bits per heavy atom. The number of fused-ring (bicyclic) bond motifs is 5. The number of esters is 4. The van der Waals surface area contributed by atoms with Crippen molar-refractivity contribution >= 4 is 76.5 Å². The first-order valence-corrected chi connectivity index (χ1v) is 23.3. The molecule has 20 heteroatoms. The Kier molecular flexibility index (Phi) is 15.7. The first-order valence-electron chi connectivity index (χ1n) is 22.2. The molecule has 6 rings (SSSR count). The lowest BCUT2D eigenvalue weighted by Crippen LogP contribution is -2.82. The number of ketones is 1. The number of ether oxygens (including phenoxy) is 7. The fourth-order valence-corrected chi connectivity index (χ4v) is 10.6. The first kappa shape index (κ1) is 52.6. The highest BCUT2D eigenvalue weighted by molar-refractivity contribution is 6.67. The van der Waals surface area contributed by atoms with Crippen molar-refractivity contribution in [3.63, 3.8) is 0 Å². The van der Waals surface area contributed by atoms with Crippen LogP contribution < -0.4 is 5.32 Å². The van der Waals surface area contributed by atoms with E-state index in [9.17, 15) is 39.0 Å². The van der Waals surface area contributed by atoms with E-state index in [0.29, 0.717) is 18.4 Å². The highest BCUT2D eigenvalue weighted by Gasteiger charge is 2.79. The van der Waals surface area contributed by atoms with Crippen LogP contribution in [0.4, 0.5) is 4.79 Å². The predicted molar refractivity (Wildman–Crippen MR) is 242 cm³/mol. The van der Waals surface area contributed by atoms with E-state index in [0.717, 1.165) is 13.8 Å². The summed E-state index contributed by atoms with van der Waals surface area (Å²) in [6.07, 6.45) is -11.4. The zero-order chi connectivity index (χ0) is 50.1. The van der Waals surface area contributed by atoms with Crippen LogP contribution in [-0.2, 0) is 57.1 Å². The van der Waals surface area contributed by atoms with Gasteiger partial charge in [0.15, 0.2) is 23.6 Å². The quantitative estimate of drug-likeness (QED) is 0.0834. The average Bonchev–Trinajstić information content (AvgIpc) is 3.27. The Hall–Kier alpha value is -4.78. The van der Waals surface area contributed by atoms with Crippen LogP contribution >= 0.6 is 34.8 Å². The molecule has 3 N–H and O–H groups in total. The van der Waals surface area contributed by atoms with Crippen molar-refractivity contribution in [2.75, 3.05) is 13.2 Å². The summed E-state index contributed by atoms with van der Waals surface area (Å²) < 4.78 is 39.5. The molecule has 9 unspecified atom stereocenters. The molecule has 2 bridgehead atoms. The fourth-order valence-electron chi connectivity index (χ4n) is 10.4. The van der Waals surface area contributed by atoms with Gasteiger partial charge in [0, 0.05) is 38.5 Å². The Bertz CT molecular complexity index is 2300. The summed E-state index contributed by atoms with van der Waals surface area (Å²) in [5.74, 6) is -7.21. The van der Waals surface area contributed by atoms with Gasteiger partial charge in [-0.3, -0.25) is 19.2 Å². The number of hydrogen-bond acceptors (Lipinski definition) is 16. The van der Waals surface area contributed by atoms with E-state index in [1.165, 1.54) is 39.8 Å². The number of halogens is 3. The van der Waals surface area contributed by atoms with Crippen LogP contribution in [0.2, 0.25) is 0 Å². The number of nitrogens with one attached hydrogen (secondary N) is 1. The van der Waals surface area contributed by atoms with Crippen molar-refractivity contribution in [3.05, 3.63) is 82.9 Å². The molecule has 17 nitrogen and oxygen atoms in total. The van der Waals surface area contributed by atoms with E-state index in [-0.39, 0.29) is 29.6 Å². The lowest BCUT2D eigenvalue weighted by Gasteiger charge is -2.67. The second-order valence-electron chi connectivity index (χ2n) is 18.4. The van der Waals surface area contributed by atoms with E-state index in [1.54, 1.807) is 48.5 Å². The molecule has 2 aromatic rings. The molecule has 1 saturated heterocycles. The maximum Gasteiger partial charge on any atom is 0.508 e. The van der Waals surface area contributed by atoms with E-state index < -0.39 is 136 Å². The Morgan fingerprint density at radius 1 is 0.912 bits per heavy atom. The number of aliphatic hydroxyl groups is 2. The smallest absolute Gasteiger partial charge is 0.456 e. The Labute approximate surface area is 408 Å². The van der Waals surface area contributed by atoms with Crippen molar-refractivity contribution < 1.29 is 76.9 Å². The van der Waals surface area contributed by atoms with Gasteiger partial charge in [0.1, 0.15) is 36.6 Å². The van der Waals surface area contributed by atoms with Gasteiger partial charge in [-0.25, -0.2) is 14.4 Å². The van der Waals surface area contributed by atoms with Crippen molar-refractivity contribution in [1.29, 1.82) is 0 Å². The number of carbonyl (C=O) groups excluding carboxylic acids is 7. The molecule has 3 aliphatic carbocycles. The van der Waals surface area contributed by atoms with Crippen LogP contribution in [0.1, 0.15) is 103 Å². The summed E-state index contributed by atoms with van der Waals surface area (Å²) in [5.41, 5.74) is -8.05. The standard InChI is InChI=1S/C48H56Cl3NO16/c1-8-9-20-33(55)52-35(28-16-12-10-13-17-28)36(56)42(59)65-30-22-47(61)40(67-41(58)29-18-14-11-15-19-29)38-45(7,39(57)37(64-26(3)53)34(25(30)2)44(47,5)6)31(66-43(60)63-24-48(49,50)51)21-32-46(38,23-62-32)68-27(4)54/h10-19,30-32,35-38,40,56,61H,8-9,20-24H2,1-7H3,(H,52,55)/t30?,31?,32?,35?,36?,37?,38?,40?,45-,46+,47?/m1/s1. The maximum atomic E-state index is 16.0. The lowest BCUT2D eigenvalue weighted by atomic mass is 9.44. The number of Topliss-reactive ketones (excluding diaryl/α,β-unsaturated/α-hetero) is 1. The minimum absolute atomic E-state index is 0.00502. The molecule has 0 aromatic heterocycles. The molecule has 1 heterocycles. The van der Waals surface area contributed by atoms with Crippen LogP contribution in [0, 0.1) is 16.7 Å². The summed E-state index contributed by atoms with van der Waals surface area (Å²) in [4.78, 5) is 97.9. The van der Waals surface area contributed by atoms with Gasteiger partial charge in [-0.2, -0.15) is 0 Å². The summed E-state index contributed by atoms with van der Waals surface area (Å²) in [7, 11) is 0. The van der Waals surface area contributed by atoms with E-state index >= 15 is 4.79 Å². The first-order chi connectivity index (χ1) is 31.8. The van der Waals surface area contributed by atoms with Gasteiger partial charge in [0.25, 0.3) is 0 Å². The van der Waals surface area contributed by atoms with Crippen LogP contribution in [-0.4, -0.2) is 117 Å². The highest BCUT2D eigenvalue weighted by atomic mass is 35.6. The number of aliphatic hydroxyl groups excluding tert-OH is 1. The van der Waals surface area contributed by atoms with Crippen molar-refractivity contribution in [3.8, 4) is 0 Å². The van der Waals surface area contributed by atoms with Crippen LogP contribution in [0.25, 0.3) is 0 Å². The Morgan fingerprint density at radius 2 is 1.54 bits per heavy atom. The van der Waals surface area contributed by atoms with Gasteiger partial charge in [-0.15, -0.1) is 0 Å². The van der Waals surface area contributed by atoms with E-state index in [2.05, 4.69) is 5.32 Å². The number of unbranched alkanes of at least 4 members (excludes halogenated alkanes) is 1. The molecule has 0 radical (unpaired) electrons. The number of alkyl halides is 3. The third-order valence-corrected chi connectivity index (χ3v) is 14.1. The average molecular weight is 1010 g/mol. The molecule has 370 valence electrons. The molecular weight excluding hydrogens is 953 g/mol. The van der Waals surface area contributed by atoms with Gasteiger partial charge in [0.05, 0.1) is 29.5 Å². The number of hydrogen-bond donors (Lipinski definition) is 3. The molecule has 4 aliphatic rings. The third kappa shape index (κ3) is 10.1. The SMILES string of the molecule is CCCCC(=O)NC(c1ccccc1)C(O)C(=O)OC1CC2(O)C(OC(=O)c3ccccc3)C3[C@]4(OC(C)=O)COC4CC(OC(=O)OCC(Cl)(Cl)Cl)[C@@]3(C)C(=O)C(OC(C)=O)C(=C1C)C2(C)C. The van der Waals surface area contributed by atoms with Gasteiger partial charge in [-0.05, 0) is 49.1 Å². The topological polar surface area (TPSA) is 237 Å². The summed E-state index contributed by atoms with van der Waals surface area (Å²) >= 11 is 17.6. The molecule has 0 spiro atoms. The second-order valence-corrected chi connectivity index (χ2v) is 20.9. The van der Waals surface area contributed by atoms with Crippen LogP contribution in [0.15, 0.2) is 71.8 Å². The zero-order valence-corrected chi connectivity index (χ0v) is 40.9. The van der Waals surface area contributed by atoms with Gasteiger partial charge >= 0.3 is 30.0 Å². The second kappa shape index (κ2) is 20.3. The summed E-state index contributed by atoms with van der Waals surface area (Å²) in [5, 5.41) is 28.4. The number of carbonyl (C=O) groups is 7. The monoisotopic (exact) mass is 1010 g/mol. The van der Waals surface area contributed by atoms with Crippen molar-refractivity contribution in [1.82, 2.24) is 5.32 Å². The van der Waals surface area contributed by atoms with Gasteiger partial charge in [-0.1, -0.05) is 111 Å². The van der Waals surface area contributed by atoms with Gasteiger partial charge in [0.2, 0.25) is 9.70 Å². The molecule has 2 saturated carbocycles. The van der Waals surface area contributed by atoms with Crippen LogP contribution in [0.5, 0.6) is 0 Å². The molecule has 68 heavy (non-hydrogen) atoms. The molecule has 1 amide bonds. The maximum absolute atomic E-state index is 16.0. The third-order valence-electron chi connectivity index (χ3n) is 13.8. The normalized spacial score (nSPS) is 30.3. The molecule has 2 aromatic carbocycles. The zero-order valence-electron chi connectivity index (χ0n) is 38.6. The number of rotatable bonds is 14. The molecule has 3 fully saturated rings. The minimum atomic E-state index is -2.51. The minimum Gasteiger partial charge on any atom is -0.456 e. The molecule has 1 aliphatic heterocycles. The van der Waals surface area contributed by atoms with Crippen molar-refractivity contribution in [2.45, 2.75) is 138 Å². The van der Waals surface area contributed by atoms with Crippen molar-refractivity contribution in [2.24, 2.45) is 16.7 Å². The summed E-state index contributed by atoms with van der Waals surface area (Å²) in [6, 6.07) is 14.6. The molecular formula is C48H56Cl3NO16. The predicted octanol–water partition coefficient (Wildman–Crippen LogP) is 6.14. The number of benzene rings is 2. The highest BCUT2D eigenvalue weighted by Crippen LogP contribution is 2.65. The summed E-state index contributed by atoms with van der Waals surface area (Å²) in [6.45, 7) is 8.71. The van der Waals surface area contributed by atoms with Crippen LogP contribution in [0.3, 0.4) is 0 Å². The lowest BCUT2D eigenvalue weighted by molar-refractivity contribution is -0.346. The van der Waals surface area contributed by atoms with Gasteiger partial charge < -0.3 is 48.7 Å². The van der Waals surface area contributed by atoms with E-state index in [1.807, 2.05) is 6.92 Å². The Balaban J connectivity index is 1.58.